The van der Waals surface area contributed by atoms with Gasteiger partial charge in [0, 0.05) is 4.86 Å². The molecule has 2 nitrogen and oxygen atoms in total. The van der Waals surface area contributed by atoms with E-state index in [9.17, 15) is 4.79 Å². The van der Waals surface area contributed by atoms with Gasteiger partial charge in [0.1, 0.15) is 5.25 Å². The zero-order chi connectivity index (χ0) is 9.94. The maximum absolute atomic E-state index is 10.5. The highest BCUT2D eigenvalue weighted by atomic mass is 32.1. The second-order valence-electron chi connectivity index (χ2n) is 3.94. The molecule has 0 rings (SSSR count). The molecule has 1 N–H and O–H groups in total. The Kier molecular flexibility index (Phi) is 4.20. The summed E-state index contributed by atoms with van der Waals surface area (Å²) >= 11 is 8.83. The van der Waals surface area contributed by atoms with E-state index in [1.54, 1.807) is 0 Å². The molecule has 1 unspecified atom stereocenters. The summed E-state index contributed by atoms with van der Waals surface area (Å²) in [6.45, 7) is 6.05. The first-order valence-electron chi connectivity index (χ1n) is 3.67. The highest BCUT2D eigenvalue weighted by molar-refractivity contribution is 7.87. The fraction of sp³-hybridized carbons (Fsp3) is 0.750. The molecule has 70 valence electrons. The fourth-order valence-corrected chi connectivity index (χ4v) is 1.38. The summed E-state index contributed by atoms with van der Waals surface area (Å²) in [4.78, 5) is 11.0. The second-order valence-corrected chi connectivity index (χ2v) is 4.99. The molecular weight excluding hydrogens is 192 g/mol. The van der Waals surface area contributed by atoms with Gasteiger partial charge in [-0.05, 0) is 11.8 Å². The van der Waals surface area contributed by atoms with Crippen LogP contribution in [0.1, 0.15) is 27.2 Å². The van der Waals surface area contributed by atoms with Gasteiger partial charge in [-0.15, -0.1) is 0 Å². The lowest BCUT2D eigenvalue weighted by molar-refractivity contribution is -0.135. The Morgan fingerprint density at radius 3 is 2.25 bits per heavy atom. The lowest BCUT2D eigenvalue weighted by Gasteiger charge is -2.19. The summed E-state index contributed by atoms with van der Waals surface area (Å²) < 4.78 is 0. The SMILES string of the molecule is CC(C)(C)CC(=S)C(S)C(=O)O. The van der Waals surface area contributed by atoms with Crippen LogP contribution in [-0.4, -0.2) is 21.2 Å². The van der Waals surface area contributed by atoms with Crippen LogP contribution in [0.5, 0.6) is 0 Å². The van der Waals surface area contributed by atoms with Crippen LogP contribution in [0.15, 0.2) is 0 Å². The predicted octanol–water partition coefficient (Wildman–Crippen LogP) is 2.18. The molecule has 0 aliphatic heterocycles. The first kappa shape index (κ1) is 11.9. The number of carbonyl (C=O) groups is 1. The molecule has 0 amide bonds. The van der Waals surface area contributed by atoms with Crippen LogP contribution in [-0.2, 0) is 4.79 Å². The van der Waals surface area contributed by atoms with Crippen molar-refractivity contribution in [1.82, 2.24) is 0 Å². The topological polar surface area (TPSA) is 37.3 Å². The zero-order valence-corrected chi connectivity index (χ0v) is 9.21. The van der Waals surface area contributed by atoms with Crippen LogP contribution < -0.4 is 0 Å². The van der Waals surface area contributed by atoms with Crippen LogP contribution >= 0.6 is 24.8 Å². The van der Waals surface area contributed by atoms with Gasteiger partial charge in [0.2, 0.25) is 0 Å². The Morgan fingerprint density at radius 1 is 1.58 bits per heavy atom. The number of hydrogen-bond donors (Lipinski definition) is 2. The fourth-order valence-electron chi connectivity index (χ4n) is 0.757. The monoisotopic (exact) mass is 206 g/mol. The number of thiocarbonyl (C=S) groups is 1. The predicted molar refractivity (Wildman–Crippen MR) is 57.1 cm³/mol. The average Bonchev–Trinajstić information content (AvgIpc) is 1.82. The lowest BCUT2D eigenvalue weighted by atomic mass is 9.89. The molecule has 1 atom stereocenters. The molecule has 0 saturated heterocycles. The van der Waals surface area contributed by atoms with Gasteiger partial charge in [-0.1, -0.05) is 33.0 Å². The molecule has 0 bridgehead atoms. The largest absolute Gasteiger partial charge is 0.480 e. The molecule has 0 aromatic carbocycles. The Labute approximate surface area is 83.8 Å². The van der Waals surface area contributed by atoms with E-state index in [0.717, 1.165) is 0 Å². The van der Waals surface area contributed by atoms with Gasteiger partial charge < -0.3 is 5.11 Å². The number of aliphatic carboxylic acids is 1. The summed E-state index contributed by atoms with van der Waals surface area (Å²) in [5.41, 5.74) is 0.0352. The number of carboxylic acids is 1. The normalized spacial score (nSPS) is 14.0. The zero-order valence-electron chi connectivity index (χ0n) is 7.50. The lowest BCUT2D eigenvalue weighted by Crippen LogP contribution is -2.26. The first-order valence-corrected chi connectivity index (χ1v) is 4.60. The van der Waals surface area contributed by atoms with E-state index in [4.69, 9.17) is 17.3 Å². The number of rotatable bonds is 3. The maximum atomic E-state index is 10.5. The molecule has 0 saturated carbocycles. The van der Waals surface area contributed by atoms with Crippen molar-refractivity contribution >= 4 is 35.7 Å². The molecule has 0 aromatic rings. The van der Waals surface area contributed by atoms with E-state index in [0.29, 0.717) is 11.3 Å². The number of thiol groups is 1. The molecular formula is C8H14O2S2. The minimum atomic E-state index is -0.965. The van der Waals surface area contributed by atoms with Gasteiger partial charge in [0.05, 0.1) is 0 Å². The van der Waals surface area contributed by atoms with E-state index in [1.165, 1.54) is 0 Å². The molecule has 0 radical (unpaired) electrons. The third kappa shape index (κ3) is 4.72. The number of carboxylic acid groups (broad SMARTS) is 1. The van der Waals surface area contributed by atoms with Crippen LogP contribution in [0.4, 0.5) is 0 Å². The third-order valence-corrected chi connectivity index (χ3v) is 2.33. The smallest absolute Gasteiger partial charge is 0.321 e. The number of hydrogen-bond acceptors (Lipinski definition) is 3. The van der Waals surface area contributed by atoms with Gasteiger partial charge in [-0.3, -0.25) is 4.79 Å². The highest BCUT2D eigenvalue weighted by Crippen LogP contribution is 2.21. The van der Waals surface area contributed by atoms with Gasteiger partial charge in [-0.2, -0.15) is 12.6 Å². The van der Waals surface area contributed by atoms with Crippen LogP contribution in [0, 0.1) is 5.41 Å². The van der Waals surface area contributed by atoms with E-state index in [-0.39, 0.29) is 5.41 Å². The molecule has 0 spiro atoms. The van der Waals surface area contributed by atoms with E-state index in [1.807, 2.05) is 20.8 Å². The molecule has 0 heterocycles. The van der Waals surface area contributed by atoms with Crippen molar-refractivity contribution in [2.24, 2.45) is 5.41 Å². The summed E-state index contributed by atoms with van der Waals surface area (Å²) in [5, 5.41) is 7.78. The van der Waals surface area contributed by atoms with Gasteiger partial charge >= 0.3 is 5.97 Å². The summed E-state index contributed by atoms with van der Waals surface area (Å²) in [7, 11) is 0. The Morgan fingerprint density at radius 2 is 2.00 bits per heavy atom. The molecule has 0 aromatic heterocycles. The summed E-state index contributed by atoms with van der Waals surface area (Å²) in [5.74, 6) is -0.965. The van der Waals surface area contributed by atoms with Gasteiger partial charge in [0.25, 0.3) is 0 Å². The maximum Gasteiger partial charge on any atom is 0.321 e. The second kappa shape index (κ2) is 4.23. The highest BCUT2D eigenvalue weighted by Gasteiger charge is 2.22. The van der Waals surface area contributed by atoms with Gasteiger partial charge in [-0.25, -0.2) is 0 Å². The molecule has 12 heavy (non-hydrogen) atoms. The van der Waals surface area contributed by atoms with Crippen molar-refractivity contribution in [3.63, 3.8) is 0 Å². The molecule has 4 heteroatoms. The van der Waals surface area contributed by atoms with Crippen LogP contribution in [0.2, 0.25) is 0 Å². The van der Waals surface area contributed by atoms with Crippen molar-refractivity contribution in [3.8, 4) is 0 Å². The van der Waals surface area contributed by atoms with E-state index in [2.05, 4.69) is 12.6 Å². The van der Waals surface area contributed by atoms with E-state index >= 15 is 0 Å². The van der Waals surface area contributed by atoms with Crippen molar-refractivity contribution in [2.45, 2.75) is 32.4 Å². The Hall–Kier alpha value is -0.0900. The standard InChI is InChI=1S/C8H14O2S2/c1-8(2,3)4-5(11)6(12)7(9)10/h6,12H,4H2,1-3H3,(H,9,10). The van der Waals surface area contributed by atoms with Crippen molar-refractivity contribution in [3.05, 3.63) is 0 Å². The molecule has 0 aliphatic carbocycles. The van der Waals surface area contributed by atoms with Crippen molar-refractivity contribution in [1.29, 1.82) is 0 Å². The van der Waals surface area contributed by atoms with Crippen molar-refractivity contribution < 1.29 is 9.90 Å². The minimum Gasteiger partial charge on any atom is -0.480 e. The minimum absolute atomic E-state index is 0.0352. The Bertz CT molecular complexity index is 194. The van der Waals surface area contributed by atoms with E-state index < -0.39 is 11.2 Å². The quantitative estimate of drug-likeness (QED) is 0.549. The van der Waals surface area contributed by atoms with Gasteiger partial charge in [0.15, 0.2) is 0 Å². The Balaban J connectivity index is 4.15. The van der Waals surface area contributed by atoms with Crippen LogP contribution in [0.25, 0.3) is 0 Å². The molecule has 0 aliphatic rings. The molecule has 0 fully saturated rings. The van der Waals surface area contributed by atoms with Crippen LogP contribution in [0.3, 0.4) is 0 Å². The first-order chi connectivity index (χ1) is 5.24. The summed E-state index contributed by atoms with van der Waals surface area (Å²) in [6, 6.07) is 0. The van der Waals surface area contributed by atoms with Crippen molar-refractivity contribution in [2.75, 3.05) is 0 Å². The average molecular weight is 206 g/mol. The summed E-state index contributed by atoms with van der Waals surface area (Å²) in [6.07, 6.45) is 0.614. The third-order valence-electron chi connectivity index (χ3n) is 1.24.